The Balaban J connectivity index is 1.27. The monoisotopic (exact) mass is 422 g/mol. The van der Waals surface area contributed by atoms with Crippen molar-refractivity contribution in [2.45, 2.75) is 50.5 Å². The van der Waals surface area contributed by atoms with Gasteiger partial charge in [-0.2, -0.15) is 0 Å². The van der Waals surface area contributed by atoms with Gasteiger partial charge in [0.25, 0.3) is 0 Å². The van der Waals surface area contributed by atoms with Gasteiger partial charge < -0.3 is 19.8 Å². The van der Waals surface area contributed by atoms with Gasteiger partial charge in [0.05, 0.1) is 31.9 Å². The Kier molecular flexibility index (Phi) is 5.03. The Morgan fingerprint density at radius 3 is 2.45 bits per heavy atom. The summed E-state index contributed by atoms with van der Waals surface area (Å²) in [5, 5.41) is 5.75. The third kappa shape index (κ3) is 3.73. The topological polar surface area (TPSA) is 80.6 Å². The second-order valence-corrected chi connectivity index (χ2v) is 9.79. The van der Waals surface area contributed by atoms with Crippen LogP contribution >= 0.6 is 0 Å². The average molecular weight is 423 g/mol. The highest BCUT2D eigenvalue weighted by Gasteiger charge is 2.60. The standard InChI is InChI=1S/C25H30N2O4/c1-30-20-6-4-19(5-7-20)24-10-17-9-18(11-24)13-25(12-17,16-24)23(29)27-15-22(28)26-14-21-3-2-8-31-21/h2-8,17-18H,9-16H2,1H3,(H,26,28)(H,27,29). The molecule has 164 valence electrons. The van der Waals surface area contributed by atoms with Gasteiger partial charge in [-0.1, -0.05) is 12.1 Å². The molecule has 2 N–H and O–H groups in total. The first-order valence-electron chi connectivity index (χ1n) is 11.2. The maximum Gasteiger partial charge on any atom is 0.239 e. The van der Waals surface area contributed by atoms with Crippen LogP contribution in [0.1, 0.15) is 49.8 Å². The first kappa shape index (κ1) is 20.2. The molecule has 0 saturated heterocycles. The lowest BCUT2D eigenvalue weighted by Crippen LogP contribution is -2.59. The summed E-state index contributed by atoms with van der Waals surface area (Å²) in [6.07, 6.45) is 7.90. The number of furan rings is 1. The molecule has 2 unspecified atom stereocenters. The number of nitrogens with one attached hydrogen (secondary N) is 2. The lowest BCUT2D eigenvalue weighted by molar-refractivity contribution is -0.149. The molecule has 4 saturated carbocycles. The molecule has 1 aromatic heterocycles. The average Bonchev–Trinajstić information content (AvgIpc) is 3.29. The van der Waals surface area contributed by atoms with Gasteiger partial charge in [-0.15, -0.1) is 0 Å². The summed E-state index contributed by atoms with van der Waals surface area (Å²) in [5.74, 6) is 2.58. The first-order valence-corrected chi connectivity index (χ1v) is 11.2. The third-order valence-corrected chi connectivity index (χ3v) is 7.69. The molecule has 0 spiro atoms. The Morgan fingerprint density at radius 2 is 1.81 bits per heavy atom. The van der Waals surface area contributed by atoms with Crippen LogP contribution in [0.2, 0.25) is 0 Å². The molecule has 2 aromatic rings. The molecule has 4 aliphatic rings. The molecule has 4 aliphatic carbocycles. The summed E-state index contributed by atoms with van der Waals surface area (Å²) < 4.78 is 10.6. The van der Waals surface area contributed by atoms with E-state index < -0.39 is 0 Å². The molecule has 2 amide bonds. The van der Waals surface area contributed by atoms with E-state index in [4.69, 9.17) is 9.15 Å². The van der Waals surface area contributed by atoms with E-state index in [1.54, 1.807) is 19.4 Å². The summed E-state index contributed by atoms with van der Waals surface area (Å²) in [6.45, 7) is 0.337. The summed E-state index contributed by atoms with van der Waals surface area (Å²) in [5.41, 5.74) is 1.04. The fourth-order valence-electron chi connectivity index (χ4n) is 6.82. The number of ether oxygens (including phenoxy) is 1. The van der Waals surface area contributed by atoms with Crippen molar-refractivity contribution in [1.29, 1.82) is 0 Å². The van der Waals surface area contributed by atoms with E-state index in [9.17, 15) is 9.59 Å². The fraction of sp³-hybridized carbons (Fsp3) is 0.520. The van der Waals surface area contributed by atoms with Crippen LogP contribution in [0, 0.1) is 17.3 Å². The van der Waals surface area contributed by atoms with Gasteiger partial charge in [0.2, 0.25) is 11.8 Å². The van der Waals surface area contributed by atoms with Gasteiger partial charge in [0.1, 0.15) is 11.5 Å². The number of carbonyl (C=O) groups is 2. The highest BCUT2D eigenvalue weighted by atomic mass is 16.5. The first-order chi connectivity index (χ1) is 15.0. The molecule has 0 aliphatic heterocycles. The molecular formula is C25H30N2O4. The van der Waals surface area contributed by atoms with Crippen molar-refractivity contribution in [3.05, 3.63) is 54.0 Å². The number of hydrogen-bond donors (Lipinski definition) is 2. The molecule has 6 nitrogen and oxygen atoms in total. The maximum atomic E-state index is 13.4. The van der Waals surface area contributed by atoms with E-state index in [0.29, 0.717) is 24.1 Å². The van der Waals surface area contributed by atoms with Gasteiger partial charge in [0.15, 0.2) is 0 Å². The molecule has 2 atom stereocenters. The quantitative estimate of drug-likeness (QED) is 0.715. The van der Waals surface area contributed by atoms with Crippen molar-refractivity contribution in [3.63, 3.8) is 0 Å². The van der Waals surface area contributed by atoms with Gasteiger partial charge in [0, 0.05) is 0 Å². The summed E-state index contributed by atoms with van der Waals surface area (Å²) in [4.78, 5) is 25.6. The number of hydrogen-bond acceptors (Lipinski definition) is 4. The van der Waals surface area contributed by atoms with Gasteiger partial charge in [-0.3, -0.25) is 9.59 Å². The zero-order valence-corrected chi connectivity index (χ0v) is 18.0. The van der Waals surface area contributed by atoms with Crippen LogP contribution in [0.4, 0.5) is 0 Å². The second kappa shape index (κ2) is 7.74. The molecule has 4 bridgehead atoms. The number of methoxy groups -OCH3 is 1. The van der Waals surface area contributed by atoms with E-state index in [2.05, 4.69) is 22.8 Å². The van der Waals surface area contributed by atoms with Crippen molar-refractivity contribution >= 4 is 11.8 Å². The Labute approximate surface area is 182 Å². The molecule has 6 rings (SSSR count). The summed E-state index contributed by atoms with van der Waals surface area (Å²) >= 11 is 0. The third-order valence-electron chi connectivity index (χ3n) is 7.69. The lowest BCUT2D eigenvalue weighted by atomic mass is 9.42. The predicted octanol–water partition coefficient (Wildman–Crippen LogP) is 3.56. The largest absolute Gasteiger partial charge is 0.497 e. The smallest absolute Gasteiger partial charge is 0.239 e. The normalized spacial score (nSPS) is 30.7. The predicted molar refractivity (Wildman–Crippen MR) is 115 cm³/mol. The number of carbonyl (C=O) groups excluding carboxylic acids is 2. The summed E-state index contributed by atoms with van der Waals surface area (Å²) in [6, 6.07) is 12.0. The molecule has 0 radical (unpaired) electrons. The van der Waals surface area contributed by atoms with Crippen LogP contribution in [0.3, 0.4) is 0 Å². The van der Waals surface area contributed by atoms with Crippen LogP contribution in [-0.4, -0.2) is 25.5 Å². The second-order valence-electron chi connectivity index (χ2n) is 9.79. The zero-order chi connectivity index (χ0) is 21.5. The number of benzene rings is 1. The number of amides is 2. The molecule has 4 fully saturated rings. The van der Waals surface area contributed by atoms with Gasteiger partial charge in [-0.05, 0) is 85.6 Å². The Hall–Kier alpha value is -2.76. The van der Waals surface area contributed by atoms with Crippen LogP contribution in [0.25, 0.3) is 0 Å². The van der Waals surface area contributed by atoms with Gasteiger partial charge >= 0.3 is 0 Å². The Morgan fingerprint density at radius 1 is 1.06 bits per heavy atom. The van der Waals surface area contributed by atoms with E-state index in [1.165, 1.54) is 12.0 Å². The minimum Gasteiger partial charge on any atom is -0.497 e. The van der Waals surface area contributed by atoms with Crippen molar-refractivity contribution in [2.24, 2.45) is 17.3 Å². The van der Waals surface area contributed by atoms with E-state index in [-0.39, 0.29) is 29.2 Å². The molecular weight excluding hydrogens is 392 g/mol. The summed E-state index contributed by atoms with van der Waals surface area (Å²) in [7, 11) is 1.68. The molecule has 31 heavy (non-hydrogen) atoms. The highest BCUT2D eigenvalue weighted by molar-refractivity contribution is 5.88. The minimum absolute atomic E-state index is 0.00611. The lowest BCUT2D eigenvalue weighted by Gasteiger charge is -2.61. The van der Waals surface area contributed by atoms with Gasteiger partial charge in [-0.25, -0.2) is 0 Å². The van der Waals surface area contributed by atoms with Crippen LogP contribution in [0.5, 0.6) is 5.75 Å². The van der Waals surface area contributed by atoms with E-state index in [0.717, 1.165) is 37.9 Å². The van der Waals surface area contributed by atoms with Crippen LogP contribution in [0.15, 0.2) is 47.1 Å². The highest BCUT2D eigenvalue weighted by Crippen LogP contribution is 2.65. The SMILES string of the molecule is COc1ccc(C23CC4CC(CC(C(=O)NCC(=O)NCc5ccco5)(C4)C2)C3)cc1. The minimum atomic E-state index is -0.356. The zero-order valence-electron chi connectivity index (χ0n) is 18.0. The van der Waals surface area contributed by atoms with Crippen LogP contribution < -0.4 is 15.4 Å². The van der Waals surface area contributed by atoms with Crippen molar-refractivity contribution in [1.82, 2.24) is 10.6 Å². The van der Waals surface area contributed by atoms with Crippen molar-refractivity contribution in [2.75, 3.05) is 13.7 Å². The molecule has 1 aromatic carbocycles. The Bertz CT molecular complexity index is 936. The number of rotatable bonds is 7. The van der Waals surface area contributed by atoms with E-state index >= 15 is 0 Å². The van der Waals surface area contributed by atoms with Crippen LogP contribution in [-0.2, 0) is 21.5 Å². The molecule has 1 heterocycles. The van der Waals surface area contributed by atoms with Crippen molar-refractivity contribution in [3.8, 4) is 5.75 Å². The fourth-order valence-corrected chi connectivity index (χ4v) is 6.82. The maximum absolute atomic E-state index is 13.4. The van der Waals surface area contributed by atoms with E-state index in [1.807, 2.05) is 18.2 Å². The molecule has 6 heteroatoms. The van der Waals surface area contributed by atoms with Crippen molar-refractivity contribution < 1.29 is 18.7 Å².